The number of aryl methyl sites for hydroxylation is 1. The van der Waals surface area contributed by atoms with Crippen LogP contribution in [0.4, 0.5) is 11.4 Å². The summed E-state index contributed by atoms with van der Waals surface area (Å²) in [5, 5.41) is 0. The summed E-state index contributed by atoms with van der Waals surface area (Å²) < 4.78 is 5.38. The molecule has 0 atom stereocenters. The van der Waals surface area contributed by atoms with Crippen molar-refractivity contribution >= 4 is 11.4 Å². The molecule has 0 saturated carbocycles. The summed E-state index contributed by atoms with van der Waals surface area (Å²) in [5.74, 6) is 0. The third kappa shape index (κ3) is 2.30. The van der Waals surface area contributed by atoms with E-state index in [4.69, 9.17) is 10.5 Å². The zero-order valence-corrected chi connectivity index (χ0v) is 10.1. The molecule has 0 radical (unpaired) electrons. The van der Waals surface area contributed by atoms with Gasteiger partial charge in [0.1, 0.15) is 0 Å². The Kier molecular flexibility index (Phi) is 3.34. The van der Waals surface area contributed by atoms with Gasteiger partial charge < -0.3 is 15.4 Å². The van der Waals surface area contributed by atoms with Gasteiger partial charge in [-0.2, -0.15) is 0 Å². The standard InChI is InChI=1S/C13H20N2O/c1-10-3-4-12(9-13(10)14)15(2)11-5-7-16-8-6-11/h3-4,9,11H,5-8,14H2,1-2H3. The van der Waals surface area contributed by atoms with Crippen LogP contribution in [0.25, 0.3) is 0 Å². The van der Waals surface area contributed by atoms with Gasteiger partial charge in [0, 0.05) is 37.7 Å². The van der Waals surface area contributed by atoms with E-state index < -0.39 is 0 Å². The van der Waals surface area contributed by atoms with Crippen molar-refractivity contribution in [2.24, 2.45) is 0 Å². The molecule has 1 saturated heterocycles. The average Bonchev–Trinajstić information content (AvgIpc) is 2.33. The Hall–Kier alpha value is -1.22. The number of ether oxygens (including phenoxy) is 1. The molecule has 0 unspecified atom stereocenters. The maximum atomic E-state index is 5.94. The molecule has 0 bridgehead atoms. The Morgan fingerprint density at radius 1 is 1.31 bits per heavy atom. The van der Waals surface area contributed by atoms with E-state index in [9.17, 15) is 0 Å². The fourth-order valence-corrected chi connectivity index (χ4v) is 2.13. The molecule has 0 spiro atoms. The van der Waals surface area contributed by atoms with Crippen LogP contribution in [0, 0.1) is 6.92 Å². The van der Waals surface area contributed by atoms with E-state index in [-0.39, 0.29) is 0 Å². The Morgan fingerprint density at radius 2 is 2.00 bits per heavy atom. The predicted molar refractivity (Wildman–Crippen MR) is 67.8 cm³/mol. The number of anilines is 2. The minimum Gasteiger partial charge on any atom is -0.398 e. The molecule has 1 fully saturated rings. The van der Waals surface area contributed by atoms with E-state index in [2.05, 4.69) is 30.1 Å². The van der Waals surface area contributed by atoms with Crippen molar-refractivity contribution in [2.75, 3.05) is 30.9 Å². The van der Waals surface area contributed by atoms with Crippen LogP contribution in [0.1, 0.15) is 18.4 Å². The molecule has 0 aromatic heterocycles. The predicted octanol–water partition coefficient (Wildman–Crippen LogP) is 2.19. The number of nitrogens with zero attached hydrogens (tertiary/aromatic N) is 1. The van der Waals surface area contributed by atoms with Gasteiger partial charge in [-0.05, 0) is 37.5 Å². The van der Waals surface area contributed by atoms with Crippen molar-refractivity contribution in [3.8, 4) is 0 Å². The fourth-order valence-electron chi connectivity index (χ4n) is 2.13. The van der Waals surface area contributed by atoms with Crippen molar-refractivity contribution in [3.63, 3.8) is 0 Å². The molecule has 16 heavy (non-hydrogen) atoms. The molecule has 1 aromatic rings. The molecule has 1 aliphatic rings. The third-order valence-electron chi connectivity index (χ3n) is 3.41. The number of hydrogen-bond donors (Lipinski definition) is 1. The number of hydrogen-bond acceptors (Lipinski definition) is 3. The summed E-state index contributed by atoms with van der Waals surface area (Å²) in [6, 6.07) is 6.86. The minimum absolute atomic E-state index is 0.579. The maximum Gasteiger partial charge on any atom is 0.0485 e. The van der Waals surface area contributed by atoms with Crippen LogP contribution in [0.2, 0.25) is 0 Å². The van der Waals surface area contributed by atoms with Crippen LogP contribution in [0.15, 0.2) is 18.2 Å². The first-order chi connectivity index (χ1) is 7.68. The lowest BCUT2D eigenvalue weighted by Crippen LogP contribution is -2.36. The van der Waals surface area contributed by atoms with Crippen LogP contribution < -0.4 is 10.6 Å². The van der Waals surface area contributed by atoms with Crippen LogP contribution in [0.3, 0.4) is 0 Å². The monoisotopic (exact) mass is 220 g/mol. The summed E-state index contributed by atoms with van der Waals surface area (Å²) in [6.07, 6.45) is 2.20. The Bertz CT molecular complexity index is 359. The molecular formula is C13H20N2O. The molecule has 0 amide bonds. The van der Waals surface area contributed by atoms with Gasteiger partial charge in [0.2, 0.25) is 0 Å². The molecule has 2 N–H and O–H groups in total. The second-order valence-electron chi connectivity index (χ2n) is 4.50. The highest BCUT2D eigenvalue weighted by Gasteiger charge is 2.18. The van der Waals surface area contributed by atoms with Crippen LogP contribution in [0.5, 0.6) is 0 Å². The van der Waals surface area contributed by atoms with Gasteiger partial charge in [0.05, 0.1) is 0 Å². The normalized spacial score (nSPS) is 17.4. The SMILES string of the molecule is Cc1ccc(N(C)C2CCOCC2)cc1N. The van der Waals surface area contributed by atoms with Crippen molar-refractivity contribution in [2.45, 2.75) is 25.8 Å². The van der Waals surface area contributed by atoms with Gasteiger partial charge in [-0.25, -0.2) is 0 Å². The summed E-state index contributed by atoms with van der Waals surface area (Å²) in [6.45, 7) is 3.78. The van der Waals surface area contributed by atoms with Crippen molar-refractivity contribution in [1.82, 2.24) is 0 Å². The van der Waals surface area contributed by atoms with Gasteiger partial charge in [-0.15, -0.1) is 0 Å². The first-order valence-corrected chi connectivity index (χ1v) is 5.85. The summed E-state index contributed by atoms with van der Waals surface area (Å²) in [7, 11) is 2.14. The second kappa shape index (κ2) is 4.74. The summed E-state index contributed by atoms with van der Waals surface area (Å²) >= 11 is 0. The highest BCUT2D eigenvalue weighted by Crippen LogP contribution is 2.24. The maximum absolute atomic E-state index is 5.94. The molecule has 0 aliphatic carbocycles. The zero-order chi connectivity index (χ0) is 11.5. The topological polar surface area (TPSA) is 38.5 Å². The smallest absolute Gasteiger partial charge is 0.0485 e. The molecule has 3 nitrogen and oxygen atoms in total. The molecular weight excluding hydrogens is 200 g/mol. The molecule has 2 rings (SSSR count). The molecule has 1 heterocycles. The molecule has 1 aliphatic heterocycles. The molecule has 3 heteroatoms. The van der Waals surface area contributed by atoms with Crippen molar-refractivity contribution < 1.29 is 4.74 Å². The molecule has 1 aromatic carbocycles. The van der Waals surface area contributed by atoms with E-state index in [1.54, 1.807) is 0 Å². The number of benzene rings is 1. The molecule has 88 valence electrons. The van der Waals surface area contributed by atoms with Gasteiger partial charge in [-0.1, -0.05) is 6.07 Å². The third-order valence-corrected chi connectivity index (χ3v) is 3.41. The first-order valence-electron chi connectivity index (χ1n) is 5.85. The largest absolute Gasteiger partial charge is 0.398 e. The van der Waals surface area contributed by atoms with E-state index >= 15 is 0 Å². The zero-order valence-electron chi connectivity index (χ0n) is 10.1. The van der Waals surface area contributed by atoms with Gasteiger partial charge in [-0.3, -0.25) is 0 Å². The fraction of sp³-hybridized carbons (Fsp3) is 0.538. The highest BCUT2D eigenvalue weighted by molar-refractivity contribution is 5.59. The van der Waals surface area contributed by atoms with Gasteiger partial charge in [0.25, 0.3) is 0 Å². The van der Waals surface area contributed by atoms with Gasteiger partial charge in [0.15, 0.2) is 0 Å². The summed E-state index contributed by atoms with van der Waals surface area (Å²) in [4.78, 5) is 2.32. The van der Waals surface area contributed by atoms with E-state index in [0.29, 0.717) is 6.04 Å². The lowest BCUT2D eigenvalue weighted by atomic mass is 10.1. The summed E-state index contributed by atoms with van der Waals surface area (Å²) in [5.41, 5.74) is 9.15. The Labute approximate surface area is 97.2 Å². The number of rotatable bonds is 2. The Balaban J connectivity index is 2.12. The van der Waals surface area contributed by atoms with Gasteiger partial charge >= 0.3 is 0 Å². The highest BCUT2D eigenvalue weighted by atomic mass is 16.5. The van der Waals surface area contributed by atoms with Crippen LogP contribution >= 0.6 is 0 Å². The Morgan fingerprint density at radius 3 is 2.62 bits per heavy atom. The van der Waals surface area contributed by atoms with Crippen LogP contribution in [-0.2, 0) is 4.74 Å². The van der Waals surface area contributed by atoms with E-state index in [1.807, 2.05) is 6.92 Å². The lowest BCUT2D eigenvalue weighted by molar-refractivity contribution is 0.0855. The van der Waals surface area contributed by atoms with Crippen LogP contribution in [-0.4, -0.2) is 26.3 Å². The quantitative estimate of drug-likeness (QED) is 0.776. The van der Waals surface area contributed by atoms with E-state index in [0.717, 1.165) is 37.3 Å². The van der Waals surface area contributed by atoms with Crippen molar-refractivity contribution in [1.29, 1.82) is 0 Å². The first kappa shape index (κ1) is 11.3. The second-order valence-corrected chi connectivity index (χ2v) is 4.50. The van der Waals surface area contributed by atoms with Crippen molar-refractivity contribution in [3.05, 3.63) is 23.8 Å². The number of nitrogens with two attached hydrogens (primary N) is 1. The van der Waals surface area contributed by atoms with E-state index in [1.165, 1.54) is 5.69 Å². The average molecular weight is 220 g/mol. The number of nitrogen functional groups attached to an aromatic ring is 1. The lowest BCUT2D eigenvalue weighted by Gasteiger charge is -2.33. The minimum atomic E-state index is 0.579.